The van der Waals surface area contributed by atoms with E-state index < -0.39 is 0 Å². The largest absolute Gasteiger partial charge is 0.393 e. The molecule has 4 aromatic rings. The molecule has 4 N–H and O–H groups in total. The predicted octanol–water partition coefficient (Wildman–Crippen LogP) is 4.45. The molecule has 0 saturated carbocycles. The summed E-state index contributed by atoms with van der Waals surface area (Å²) in [5.41, 5.74) is 9.36. The highest BCUT2D eigenvalue weighted by Gasteiger charge is 2.11. The van der Waals surface area contributed by atoms with Gasteiger partial charge < -0.3 is 16.4 Å². The van der Waals surface area contributed by atoms with Crippen LogP contribution in [0.15, 0.2) is 55.0 Å². The van der Waals surface area contributed by atoms with Crippen molar-refractivity contribution in [3.05, 3.63) is 65.7 Å². The number of nitrogens with zero attached hydrogens (tertiary/aromatic N) is 4. The molecule has 27 heavy (non-hydrogen) atoms. The van der Waals surface area contributed by atoms with Crippen molar-refractivity contribution in [3.63, 3.8) is 0 Å². The van der Waals surface area contributed by atoms with E-state index in [1.807, 2.05) is 37.3 Å². The Morgan fingerprint density at radius 1 is 0.926 bits per heavy atom. The zero-order valence-electron chi connectivity index (χ0n) is 14.4. The van der Waals surface area contributed by atoms with E-state index in [0.29, 0.717) is 28.2 Å². The van der Waals surface area contributed by atoms with Crippen molar-refractivity contribution >= 4 is 51.3 Å². The number of fused-ring (bicyclic) bond motifs is 1. The quantitative estimate of drug-likeness (QED) is 0.482. The number of rotatable bonds is 4. The number of hydrogen-bond donors (Lipinski definition) is 3. The smallest absolute Gasteiger partial charge is 0.160 e. The van der Waals surface area contributed by atoms with Crippen LogP contribution in [0, 0.1) is 6.92 Å². The second-order valence-electron chi connectivity index (χ2n) is 5.92. The molecule has 3 aromatic heterocycles. The first-order valence-corrected chi connectivity index (χ1v) is 8.60. The Hall–Kier alpha value is -3.45. The fourth-order valence-corrected chi connectivity index (χ4v) is 2.77. The lowest BCUT2D eigenvalue weighted by molar-refractivity contribution is 1.16. The van der Waals surface area contributed by atoms with E-state index in [4.69, 9.17) is 17.3 Å². The minimum Gasteiger partial charge on any atom is -0.393 e. The number of hydrogen-bond acceptors (Lipinski definition) is 7. The maximum Gasteiger partial charge on any atom is 0.160 e. The van der Waals surface area contributed by atoms with Gasteiger partial charge in [-0.3, -0.25) is 4.98 Å². The van der Waals surface area contributed by atoms with Gasteiger partial charge in [-0.1, -0.05) is 17.7 Å². The van der Waals surface area contributed by atoms with Gasteiger partial charge >= 0.3 is 0 Å². The highest BCUT2D eigenvalue weighted by Crippen LogP contribution is 2.30. The van der Waals surface area contributed by atoms with Gasteiger partial charge in [0.2, 0.25) is 0 Å². The summed E-state index contributed by atoms with van der Waals surface area (Å²) in [6.45, 7) is 1.96. The van der Waals surface area contributed by atoms with E-state index in [2.05, 4.69) is 30.6 Å². The van der Waals surface area contributed by atoms with Crippen molar-refractivity contribution < 1.29 is 0 Å². The highest BCUT2D eigenvalue weighted by atomic mass is 35.5. The molecule has 0 aliphatic rings. The van der Waals surface area contributed by atoms with Crippen LogP contribution >= 0.6 is 11.6 Å². The van der Waals surface area contributed by atoms with Crippen molar-refractivity contribution in [1.29, 1.82) is 0 Å². The summed E-state index contributed by atoms with van der Waals surface area (Å²) < 4.78 is 0. The molecular formula is C19H16ClN7. The van der Waals surface area contributed by atoms with Gasteiger partial charge in [-0.2, -0.15) is 0 Å². The van der Waals surface area contributed by atoms with Crippen LogP contribution in [-0.4, -0.2) is 19.9 Å². The van der Waals surface area contributed by atoms with Gasteiger partial charge in [0.1, 0.15) is 17.8 Å². The monoisotopic (exact) mass is 377 g/mol. The molecule has 0 bridgehead atoms. The zero-order valence-corrected chi connectivity index (χ0v) is 15.2. The van der Waals surface area contributed by atoms with E-state index in [1.54, 1.807) is 18.3 Å². The van der Waals surface area contributed by atoms with Crippen molar-refractivity contribution in [2.75, 3.05) is 16.4 Å². The van der Waals surface area contributed by atoms with Gasteiger partial charge in [-0.25, -0.2) is 15.0 Å². The van der Waals surface area contributed by atoms with E-state index in [0.717, 1.165) is 22.3 Å². The van der Waals surface area contributed by atoms with Gasteiger partial charge in [0, 0.05) is 23.0 Å². The number of halogens is 1. The molecule has 3 heterocycles. The highest BCUT2D eigenvalue weighted by molar-refractivity contribution is 6.30. The lowest BCUT2D eigenvalue weighted by Crippen LogP contribution is -2.06. The molecule has 0 radical (unpaired) electrons. The van der Waals surface area contributed by atoms with E-state index in [9.17, 15) is 0 Å². The van der Waals surface area contributed by atoms with Crippen LogP contribution in [0.5, 0.6) is 0 Å². The lowest BCUT2D eigenvalue weighted by atomic mass is 10.1. The van der Waals surface area contributed by atoms with Crippen LogP contribution < -0.4 is 16.4 Å². The normalized spacial score (nSPS) is 10.7. The summed E-state index contributed by atoms with van der Waals surface area (Å²) >= 11 is 5.86. The number of benzene rings is 1. The summed E-state index contributed by atoms with van der Waals surface area (Å²) in [5.74, 6) is 1.53. The third-order valence-corrected chi connectivity index (χ3v) is 4.21. The third kappa shape index (κ3) is 3.58. The first kappa shape index (κ1) is 17.0. The number of nitrogens with two attached hydrogens (primary N) is 1. The maximum absolute atomic E-state index is 6.26. The molecule has 0 atom stereocenters. The first-order valence-electron chi connectivity index (χ1n) is 8.22. The lowest BCUT2D eigenvalue weighted by Gasteiger charge is -2.13. The topological polar surface area (TPSA) is 102 Å². The summed E-state index contributed by atoms with van der Waals surface area (Å²) in [6.07, 6.45) is 2.98. The fraction of sp³-hybridized carbons (Fsp3) is 0.0526. The van der Waals surface area contributed by atoms with E-state index >= 15 is 0 Å². The summed E-state index contributed by atoms with van der Waals surface area (Å²) in [6, 6.07) is 13.3. The average Bonchev–Trinajstić information content (AvgIpc) is 2.66. The van der Waals surface area contributed by atoms with Crippen LogP contribution in [-0.2, 0) is 0 Å². The molecule has 0 unspecified atom stereocenters. The number of aryl methyl sites for hydroxylation is 1. The Morgan fingerprint density at radius 2 is 1.74 bits per heavy atom. The number of anilines is 5. The molecular weight excluding hydrogens is 362 g/mol. The molecule has 4 rings (SSSR count). The first-order chi connectivity index (χ1) is 13.1. The SMILES string of the molecule is Cc1ccc2c(Nc3ncnc(Nc4ccc(Cl)cn4)c3N)cccc2n1. The van der Waals surface area contributed by atoms with Gasteiger partial charge in [-0.05, 0) is 43.3 Å². The van der Waals surface area contributed by atoms with Crippen LogP contribution in [0.2, 0.25) is 5.02 Å². The standard InChI is InChI=1S/C19H16ClN7/c1-11-5-7-13-14(25-11)3-2-4-15(13)26-18-17(21)19(24-10-23-18)27-16-8-6-12(20)9-22-16/h2-10H,21H2,1H3,(H2,22,23,24,26,27). The van der Waals surface area contributed by atoms with Gasteiger partial charge in [0.15, 0.2) is 11.6 Å². The van der Waals surface area contributed by atoms with Crippen molar-refractivity contribution in [3.8, 4) is 0 Å². The Bertz CT molecular complexity index is 1110. The molecule has 0 aliphatic carbocycles. The molecule has 0 saturated heterocycles. The minimum absolute atomic E-state index is 0.381. The number of nitrogens with one attached hydrogen (secondary N) is 2. The molecule has 1 aromatic carbocycles. The molecule has 0 spiro atoms. The van der Waals surface area contributed by atoms with Gasteiger partial charge in [0.05, 0.1) is 10.5 Å². The Morgan fingerprint density at radius 3 is 2.52 bits per heavy atom. The van der Waals surface area contributed by atoms with Crippen LogP contribution in [0.4, 0.5) is 28.8 Å². The van der Waals surface area contributed by atoms with E-state index in [-0.39, 0.29) is 0 Å². The second-order valence-corrected chi connectivity index (χ2v) is 6.36. The third-order valence-electron chi connectivity index (χ3n) is 3.98. The summed E-state index contributed by atoms with van der Waals surface area (Å²) in [7, 11) is 0. The zero-order chi connectivity index (χ0) is 18.8. The predicted molar refractivity (Wildman–Crippen MR) is 109 cm³/mol. The van der Waals surface area contributed by atoms with Crippen LogP contribution in [0.1, 0.15) is 5.69 Å². The minimum atomic E-state index is 0.381. The van der Waals surface area contributed by atoms with Gasteiger partial charge in [0.25, 0.3) is 0 Å². The fourth-order valence-electron chi connectivity index (χ4n) is 2.66. The Kier molecular flexibility index (Phi) is 4.43. The van der Waals surface area contributed by atoms with Crippen molar-refractivity contribution in [1.82, 2.24) is 19.9 Å². The Labute approximate surface area is 160 Å². The summed E-state index contributed by atoms with van der Waals surface area (Å²) in [5, 5.41) is 7.88. The van der Waals surface area contributed by atoms with Crippen molar-refractivity contribution in [2.45, 2.75) is 6.92 Å². The van der Waals surface area contributed by atoms with Crippen LogP contribution in [0.25, 0.3) is 10.9 Å². The number of aromatic nitrogens is 4. The number of pyridine rings is 2. The summed E-state index contributed by atoms with van der Waals surface area (Å²) in [4.78, 5) is 17.2. The molecule has 7 nitrogen and oxygen atoms in total. The Balaban J connectivity index is 1.66. The molecule has 0 amide bonds. The second kappa shape index (κ2) is 7.05. The average molecular weight is 378 g/mol. The number of nitrogen functional groups attached to an aromatic ring is 1. The maximum atomic E-state index is 6.26. The van der Waals surface area contributed by atoms with Gasteiger partial charge in [-0.15, -0.1) is 0 Å². The molecule has 134 valence electrons. The van der Waals surface area contributed by atoms with Crippen LogP contribution in [0.3, 0.4) is 0 Å². The molecule has 0 fully saturated rings. The van der Waals surface area contributed by atoms with E-state index in [1.165, 1.54) is 6.33 Å². The molecule has 8 heteroatoms. The molecule has 0 aliphatic heterocycles. The van der Waals surface area contributed by atoms with Crippen molar-refractivity contribution in [2.24, 2.45) is 0 Å².